The van der Waals surface area contributed by atoms with Gasteiger partial charge in [0.05, 0.1) is 5.41 Å². The number of benzene rings is 7. The Morgan fingerprint density at radius 1 is 0.446 bits per heavy atom. The van der Waals surface area contributed by atoms with Crippen LogP contribution in [0.3, 0.4) is 0 Å². The maximum Gasteiger partial charge on any atom is 0.0716 e. The van der Waals surface area contributed by atoms with Gasteiger partial charge < -0.3 is 0 Å². The lowest BCUT2D eigenvalue weighted by molar-refractivity contribution is 0.557. The van der Waals surface area contributed by atoms with E-state index in [0.717, 1.165) is 6.42 Å². The normalized spacial score (nSPS) is 14.9. The van der Waals surface area contributed by atoms with E-state index in [2.05, 4.69) is 214 Å². The Morgan fingerprint density at radius 3 is 1.66 bits per heavy atom. The Bertz CT molecular complexity index is 2600. The largest absolute Gasteiger partial charge is 0.0716 e. The van der Waals surface area contributed by atoms with Crippen LogP contribution in [0.5, 0.6) is 0 Å². The number of aryl methyl sites for hydroxylation is 1. The fourth-order valence-corrected chi connectivity index (χ4v) is 10.2. The Kier molecular flexibility index (Phi) is 8.26. The molecular formula is C56H54. The standard InChI is InChI=1S/C56H54/c1-36-21-16-17-27-42(36)44-35-45-43-28-18-19-29-47(43)55(8,9)49(45)32-38(44)31-37-22-20-30-48-51(37)46-33-41(53(2,3)4)34-50(54(5,6)7)52(46)56(48,39-23-12-10-13-24-39)40-25-14-11-15-26-40/h10-30,32-35H,31H2,1-9H3. The maximum absolute atomic E-state index is 2.57. The highest BCUT2D eigenvalue weighted by Crippen LogP contribution is 2.60. The average molecular weight is 727 g/mol. The summed E-state index contributed by atoms with van der Waals surface area (Å²) in [5.74, 6) is 0. The van der Waals surface area contributed by atoms with Crippen molar-refractivity contribution >= 4 is 0 Å². The third kappa shape index (κ3) is 5.40. The zero-order valence-corrected chi connectivity index (χ0v) is 34.6. The highest BCUT2D eigenvalue weighted by atomic mass is 14.5. The van der Waals surface area contributed by atoms with E-state index in [0.29, 0.717) is 0 Å². The highest BCUT2D eigenvalue weighted by molar-refractivity contribution is 5.91. The van der Waals surface area contributed by atoms with E-state index in [4.69, 9.17) is 0 Å². The van der Waals surface area contributed by atoms with Crippen LogP contribution in [0.2, 0.25) is 0 Å². The number of fused-ring (bicyclic) bond motifs is 6. The lowest BCUT2D eigenvalue weighted by atomic mass is 9.63. The van der Waals surface area contributed by atoms with Crippen LogP contribution in [0.25, 0.3) is 33.4 Å². The van der Waals surface area contributed by atoms with Gasteiger partial charge in [0, 0.05) is 5.41 Å². The van der Waals surface area contributed by atoms with Crippen molar-refractivity contribution in [2.24, 2.45) is 0 Å². The predicted octanol–water partition coefficient (Wildman–Crippen LogP) is 14.5. The van der Waals surface area contributed by atoms with E-state index in [1.165, 1.54) is 94.6 Å². The molecule has 2 aliphatic carbocycles. The predicted molar refractivity (Wildman–Crippen MR) is 238 cm³/mol. The highest BCUT2D eigenvalue weighted by Gasteiger charge is 2.50. The second-order valence-electron chi connectivity index (χ2n) is 19.0. The minimum absolute atomic E-state index is 0.0204. The van der Waals surface area contributed by atoms with Crippen LogP contribution in [-0.2, 0) is 28.1 Å². The zero-order valence-electron chi connectivity index (χ0n) is 34.6. The second-order valence-corrected chi connectivity index (χ2v) is 19.0. The molecule has 2 aliphatic rings. The fraction of sp³-hybridized carbons (Fsp3) is 0.250. The molecule has 0 saturated heterocycles. The minimum Gasteiger partial charge on any atom is -0.0622 e. The van der Waals surface area contributed by atoms with Crippen molar-refractivity contribution < 1.29 is 0 Å². The zero-order chi connectivity index (χ0) is 39.2. The van der Waals surface area contributed by atoms with Gasteiger partial charge in [0.25, 0.3) is 0 Å². The molecule has 0 saturated carbocycles. The Labute approximate surface area is 335 Å². The number of hydrogen-bond acceptors (Lipinski definition) is 0. The summed E-state index contributed by atoms with van der Waals surface area (Å²) >= 11 is 0. The first-order valence-electron chi connectivity index (χ1n) is 20.5. The van der Waals surface area contributed by atoms with Crippen LogP contribution in [0.1, 0.15) is 117 Å². The van der Waals surface area contributed by atoms with E-state index in [9.17, 15) is 0 Å². The van der Waals surface area contributed by atoms with Crippen molar-refractivity contribution in [3.05, 3.63) is 213 Å². The summed E-state index contributed by atoms with van der Waals surface area (Å²) in [6, 6.07) is 58.0. The van der Waals surface area contributed by atoms with Gasteiger partial charge in [-0.15, -0.1) is 0 Å². The molecule has 7 aromatic rings. The van der Waals surface area contributed by atoms with E-state index < -0.39 is 5.41 Å². The van der Waals surface area contributed by atoms with Gasteiger partial charge in [0.15, 0.2) is 0 Å². The molecule has 0 nitrogen and oxygen atoms in total. The van der Waals surface area contributed by atoms with Crippen LogP contribution in [-0.4, -0.2) is 0 Å². The van der Waals surface area contributed by atoms with Crippen molar-refractivity contribution in [3.8, 4) is 33.4 Å². The first kappa shape index (κ1) is 36.2. The molecule has 278 valence electrons. The molecule has 0 unspecified atom stereocenters. The molecule has 0 N–H and O–H groups in total. The van der Waals surface area contributed by atoms with Crippen LogP contribution >= 0.6 is 0 Å². The molecule has 0 aliphatic heterocycles. The minimum atomic E-state index is -0.483. The van der Waals surface area contributed by atoms with Crippen molar-refractivity contribution in [2.75, 3.05) is 0 Å². The molecular weight excluding hydrogens is 673 g/mol. The van der Waals surface area contributed by atoms with Gasteiger partial charge in [-0.3, -0.25) is 0 Å². The molecule has 0 heteroatoms. The Balaban J connectivity index is 1.38. The molecule has 7 aromatic carbocycles. The lowest BCUT2D eigenvalue weighted by Crippen LogP contribution is -2.32. The third-order valence-electron chi connectivity index (χ3n) is 13.0. The van der Waals surface area contributed by atoms with E-state index in [-0.39, 0.29) is 16.2 Å². The topological polar surface area (TPSA) is 0 Å². The summed E-state index contributed by atoms with van der Waals surface area (Å²) in [5.41, 5.74) is 22.6. The fourth-order valence-electron chi connectivity index (χ4n) is 10.2. The molecule has 56 heavy (non-hydrogen) atoms. The van der Waals surface area contributed by atoms with Crippen LogP contribution in [0.4, 0.5) is 0 Å². The molecule has 0 radical (unpaired) electrons. The van der Waals surface area contributed by atoms with Crippen LogP contribution < -0.4 is 0 Å². The average Bonchev–Trinajstić information content (AvgIpc) is 3.61. The molecule has 0 atom stereocenters. The van der Waals surface area contributed by atoms with Crippen LogP contribution in [0.15, 0.2) is 152 Å². The second kappa shape index (κ2) is 12.8. The van der Waals surface area contributed by atoms with E-state index >= 15 is 0 Å². The van der Waals surface area contributed by atoms with Gasteiger partial charge >= 0.3 is 0 Å². The van der Waals surface area contributed by atoms with Gasteiger partial charge in [0.1, 0.15) is 0 Å². The molecule has 0 spiro atoms. The van der Waals surface area contributed by atoms with Gasteiger partial charge in [-0.25, -0.2) is 0 Å². The summed E-state index contributed by atoms with van der Waals surface area (Å²) in [6.45, 7) is 21.4. The van der Waals surface area contributed by atoms with E-state index in [1.807, 2.05) is 0 Å². The summed E-state index contributed by atoms with van der Waals surface area (Å²) in [7, 11) is 0. The first-order chi connectivity index (χ1) is 26.7. The van der Waals surface area contributed by atoms with Crippen molar-refractivity contribution in [2.45, 2.75) is 90.4 Å². The summed E-state index contributed by atoms with van der Waals surface area (Å²) < 4.78 is 0. The molecule has 0 fully saturated rings. The Hall–Kier alpha value is -5.46. The monoisotopic (exact) mass is 726 g/mol. The molecule has 9 rings (SSSR count). The molecule has 0 bridgehead atoms. The van der Waals surface area contributed by atoms with Gasteiger partial charge in [0.2, 0.25) is 0 Å². The van der Waals surface area contributed by atoms with Crippen molar-refractivity contribution in [1.82, 2.24) is 0 Å². The SMILES string of the molecule is Cc1ccccc1-c1cc2c(cc1Cc1cccc3c1-c1cc(C(C)(C)C)cc(C(C)(C)C)c1C3(c1ccccc1)c1ccccc1)C(C)(C)c1ccccc1-2. The molecule has 0 amide bonds. The molecule has 0 aromatic heterocycles. The van der Waals surface area contributed by atoms with Crippen molar-refractivity contribution in [1.29, 1.82) is 0 Å². The lowest BCUT2D eigenvalue weighted by Gasteiger charge is -2.38. The van der Waals surface area contributed by atoms with Gasteiger partial charge in [-0.05, 0) is 125 Å². The summed E-state index contributed by atoms with van der Waals surface area (Å²) in [4.78, 5) is 0. The maximum atomic E-state index is 2.57. The smallest absolute Gasteiger partial charge is 0.0622 e. The molecule has 0 heterocycles. The third-order valence-corrected chi connectivity index (χ3v) is 13.0. The number of rotatable bonds is 5. The summed E-state index contributed by atoms with van der Waals surface area (Å²) in [6.07, 6.45) is 0.830. The summed E-state index contributed by atoms with van der Waals surface area (Å²) in [5, 5.41) is 0. The van der Waals surface area contributed by atoms with Crippen molar-refractivity contribution in [3.63, 3.8) is 0 Å². The van der Waals surface area contributed by atoms with E-state index in [1.54, 1.807) is 0 Å². The van der Waals surface area contributed by atoms with Crippen LogP contribution in [0, 0.1) is 6.92 Å². The first-order valence-corrected chi connectivity index (χ1v) is 20.5. The van der Waals surface area contributed by atoms with Gasteiger partial charge in [-0.2, -0.15) is 0 Å². The quantitative estimate of drug-likeness (QED) is 0.166. The number of hydrogen-bond donors (Lipinski definition) is 0. The Morgan fingerprint density at radius 2 is 1.04 bits per heavy atom. The van der Waals surface area contributed by atoms with Gasteiger partial charge in [-0.1, -0.05) is 201 Å².